The molecule has 3 rings (SSSR count). The Morgan fingerprint density at radius 1 is 1.37 bits per heavy atom. The molecule has 1 unspecified atom stereocenters. The van der Waals surface area contributed by atoms with Gasteiger partial charge in [0.15, 0.2) is 5.82 Å². The maximum absolute atomic E-state index is 12.2. The molecule has 0 radical (unpaired) electrons. The van der Waals surface area contributed by atoms with E-state index in [1.54, 1.807) is 22.7 Å². The van der Waals surface area contributed by atoms with E-state index in [1.807, 2.05) is 19.2 Å². The highest BCUT2D eigenvalue weighted by Gasteiger charge is 2.19. The Labute approximate surface area is 163 Å². The molecule has 1 aromatic carbocycles. The zero-order valence-electron chi connectivity index (χ0n) is 14.7. The average Bonchev–Trinajstić information content (AvgIpc) is 3.21. The normalized spacial score (nSPS) is 12.1. The number of nitrogens with zero attached hydrogens (tertiary/aromatic N) is 4. The number of aromatic nitrogens is 4. The monoisotopic (exact) mass is 406 g/mol. The molecule has 3 aromatic rings. The Bertz CT molecular complexity index is 970. The molecule has 9 nitrogen and oxygen atoms in total. The van der Waals surface area contributed by atoms with Crippen LogP contribution in [0.1, 0.15) is 12.2 Å². The van der Waals surface area contributed by atoms with Gasteiger partial charge in [-0.25, -0.2) is 9.59 Å². The molecule has 0 aliphatic heterocycles. The first-order chi connectivity index (χ1) is 13.0. The Morgan fingerprint density at radius 3 is 2.89 bits per heavy atom. The molecule has 0 fully saturated rings. The van der Waals surface area contributed by atoms with E-state index in [9.17, 15) is 14.7 Å². The van der Waals surface area contributed by atoms with Crippen molar-refractivity contribution in [2.45, 2.75) is 19.4 Å². The quantitative estimate of drug-likeness (QED) is 0.551. The van der Waals surface area contributed by atoms with Crippen LogP contribution in [0, 0.1) is 6.92 Å². The number of urea groups is 1. The topological polar surface area (TPSA) is 122 Å². The van der Waals surface area contributed by atoms with E-state index in [4.69, 9.17) is 0 Å². The summed E-state index contributed by atoms with van der Waals surface area (Å²) in [5.41, 5.74) is 1.36. The molecule has 11 heteroatoms. The zero-order valence-corrected chi connectivity index (χ0v) is 16.3. The number of amides is 2. The first-order valence-electron chi connectivity index (χ1n) is 8.06. The van der Waals surface area contributed by atoms with E-state index in [0.29, 0.717) is 28.6 Å². The first-order valence-corrected chi connectivity index (χ1v) is 10.3. The number of thioether (sulfide) groups is 1. The number of nitrogens with one attached hydrogen (secondary N) is 2. The van der Waals surface area contributed by atoms with Crippen molar-refractivity contribution >= 4 is 45.7 Å². The van der Waals surface area contributed by atoms with Crippen LogP contribution in [0.15, 0.2) is 24.3 Å². The van der Waals surface area contributed by atoms with Gasteiger partial charge in [0.2, 0.25) is 4.96 Å². The van der Waals surface area contributed by atoms with Gasteiger partial charge in [-0.3, -0.25) is 0 Å². The fraction of sp³-hybridized carbons (Fsp3) is 0.312. The first kappa shape index (κ1) is 19.1. The molecule has 0 saturated carbocycles. The number of carboxylic acid groups (broad SMARTS) is 1. The van der Waals surface area contributed by atoms with Gasteiger partial charge in [0.05, 0.1) is 0 Å². The third-order valence-electron chi connectivity index (χ3n) is 3.73. The highest BCUT2D eigenvalue weighted by Crippen LogP contribution is 2.27. The van der Waals surface area contributed by atoms with Crippen LogP contribution in [0.5, 0.6) is 0 Å². The van der Waals surface area contributed by atoms with Gasteiger partial charge >= 0.3 is 12.0 Å². The van der Waals surface area contributed by atoms with Crippen molar-refractivity contribution in [2.24, 2.45) is 0 Å². The van der Waals surface area contributed by atoms with Gasteiger partial charge in [0.25, 0.3) is 0 Å². The summed E-state index contributed by atoms with van der Waals surface area (Å²) in [7, 11) is 0. The molecule has 0 bridgehead atoms. The molecule has 2 heterocycles. The van der Waals surface area contributed by atoms with Crippen molar-refractivity contribution in [3.05, 3.63) is 30.1 Å². The molecule has 0 saturated heterocycles. The molecular weight excluding hydrogens is 388 g/mol. The van der Waals surface area contributed by atoms with Gasteiger partial charge in [-0.15, -0.1) is 10.2 Å². The minimum absolute atomic E-state index is 0.357. The van der Waals surface area contributed by atoms with Crippen LogP contribution in [0.4, 0.5) is 10.5 Å². The van der Waals surface area contributed by atoms with E-state index in [-0.39, 0.29) is 0 Å². The number of anilines is 1. The third kappa shape index (κ3) is 4.55. The molecule has 142 valence electrons. The van der Waals surface area contributed by atoms with Crippen molar-refractivity contribution in [3.63, 3.8) is 0 Å². The Hall–Kier alpha value is -2.66. The van der Waals surface area contributed by atoms with Crippen LogP contribution in [0.25, 0.3) is 15.5 Å². The average molecular weight is 406 g/mol. The second kappa shape index (κ2) is 8.35. The molecule has 0 aliphatic rings. The Balaban J connectivity index is 1.71. The largest absolute Gasteiger partial charge is 0.480 e. The molecule has 0 aliphatic carbocycles. The maximum atomic E-state index is 12.2. The lowest BCUT2D eigenvalue weighted by Crippen LogP contribution is -2.43. The van der Waals surface area contributed by atoms with Crippen LogP contribution in [0.3, 0.4) is 0 Å². The van der Waals surface area contributed by atoms with Crippen LogP contribution in [0.2, 0.25) is 0 Å². The lowest BCUT2D eigenvalue weighted by molar-refractivity contribution is -0.139. The minimum Gasteiger partial charge on any atom is -0.480 e. The highest BCUT2D eigenvalue weighted by molar-refractivity contribution is 7.98. The number of aryl methyl sites for hydroxylation is 1. The van der Waals surface area contributed by atoms with Gasteiger partial charge in [-0.1, -0.05) is 23.5 Å². The molecular formula is C16H18N6O3S2. The molecule has 27 heavy (non-hydrogen) atoms. The summed E-state index contributed by atoms with van der Waals surface area (Å²) in [4.78, 5) is 24.1. The number of hydrogen-bond donors (Lipinski definition) is 3. The molecule has 1 atom stereocenters. The van der Waals surface area contributed by atoms with Crippen LogP contribution >= 0.6 is 23.1 Å². The maximum Gasteiger partial charge on any atom is 0.326 e. The number of fused-ring (bicyclic) bond motifs is 1. The van der Waals surface area contributed by atoms with Crippen molar-refractivity contribution in [2.75, 3.05) is 17.3 Å². The number of benzene rings is 1. The van der Waals surface area contributed by atoms with Crippen LogP contribution in [-0.2, 0) is 4.79 Å². The van der Waals surface area contributed by atoms with E-state index < -0.39 is 18.0 Å². The summed E-state index contributed by atoms with van der Waals surface area (Å²) in [5, 5.41) is 27.6. The van der Waals surface area contributed by atoms with Crippen molar-refractivity contribution in [1.29, 1.82) is 0 Å². The molecule has 2 aromatic heterocycles. The number of rotatable bonds is 7. The summed E-state index contributed by atoms with van der Waals surface area (Å²) in [6.07, 6.45) is 2.24. The van der Waals surface area contributed by atoms with Crippen molar-refractivity contribution in [1.82, 2.24) is 25.1 Å². The number of hydrogen-bond acceptors (Lipinski definition) is 7. The van der Waals surface area contributed by atoms with Crippen LogP contribution < -0.4 is 10.6 Å². The van der Waals surface area contributed by atoms with Gasteiger partial charge in [-0.05, 0) is 37.5 Å². The van der Waals surface area contributed by atoms with Gasteiger partial charge in [0.1, 0.15) is 11.0 Å². The Kier molecular flexibility index (Phi) is 5.91. The highest BCUT2D eigenvalue weighted by atomic mass is 32.2. The summed E-state index contributed by atoms with van der Waals surface area (Å²) < 4.78 is 1.66. The molecule has 3 N–H and O–H groups in total. The molecule has 2 amide bonds. The minimum atomic E-state index is -1.05. The SMILES string of the molecule is CSCCC(NC(=O)Nc1cccc(-c2nn3c(C)nnc3s2)c1)C(=O)O. The number of carbonyl (C=O) groups excluding carboxylic acids is 1. The lowest BCUT2D eigenvalue weighted by atomic mass is 10.2. The van der Waals surface area contributed by atoms with Crippen LogP contribution in [-0.4, -0.2) is 55.0 Å². The zero-order chi connectivity index (χ0) is 19.4. The fourth-order valence-electron chi connectivity index (χ4n) is 2.38. The second-order valence-corrected chi connectivity index (χ2v) is 7.64. The lowest BCUT2D eigenvalue weighted by Gasteiger charge is -2.14. The Morgan fingerprint density at radius 2 is 2.19 bits per heavy atom. The fourth-order valence-corrected chi connectivity index (χ4v) is 3.73. The smallest absolute Gasteiger partial charge is 0.326 e. The predicted molar refractivity (Wildman–Crippen MR) is 105 cm³/mol. The van der Waals surface area contributed by atoms with Gasteiger partial charge in [0, 0.05) is 11.3 Å². The van der Waals surface area contributed by atoms with E-state index in [0.717, 1.165) is 10.6 Å². The standard InChI is InChI=1S/C16H18N6O3S2/c1-9-19-20-16-22(9)21-13(27-16)10-4-3-5-11(8-10)17-15(25)18-12(14(23)24)6-7-26-2/h3-5,8,12H,6-7H2,1-2H3,(H,23,24)(H2,17,18,25). The summed E-state index contributed by atoms with van der Waals surface area (Å²) in [6.45, 7) is 1.82. The van der Waals surface area contributed by atoms with Crippen molar-refractivity contribution < 1.29 is 14.7 Å². The van der Waals surface area contributed by atoms with Gasteiger partial charge in [-0.2, -0.15) is 21.4 Å². The number of aliphatic carboxylic acids is 1. The van der Waals surface area contributed by atoms with E-state index in [2.05, 4.69) is 25.9 Å². The van der Waals surface area contributed by atoms with E-state index >= 15 is 0 Å². The van der Waals surface area contributed by atoms with Gasteiger partial charge < -0.3 is 15.7 Å². The number of carboxylic acids is 1. The second-order valence-electron chi connectivity index (χ2n) is 5.70. The summed E-state index contributed by atoms with van der Waals surface area (Å²) in [5.74, 6) is 0.293. The number of carbonyl (C=O) groups is 2. The third-order valence-corrected chi connectivity index (χ3v) is 5.32. The summed E-state index contributed by atoms with van der Waals surface area (Å²) >= 11 is 2.92. The van der Waals surface area contributed by atoms with E-state index in [1.165, 1.54) is 23.1 Å². The molecule has 0 spiro atoms. The van der Waals surface area contributed by atoms with Crippen molar-refractivity contribution in [3.8, 4) is 10.6 Å². The predicted octanol–water partition coefficient (Wildman–Crippen LogP) is 2.49. The summed E-state index contributed by atoms with van der Waals surface area (Å²) in [6, 6.07) is 5.69.